The Morgan fingerprint density at radius 1 is 1.14 bits per heavy atom. The summed E-state index contributed by atoms with van der Waals surface area (Å²) in [5, 5.41) is 14.0. The molecule has 2 aromatic carbocycles. The summed E-state index contributed by atoms with van der Waals surface area (Å²) >= 11 is 0. The van der Waals surface area contributed by atoms with E-state index in [0.717, 1.165) is 0 Å². The van der Waals surface area contributed by atoms with Crippen molar-refractivity contribution in [2.45, 2.75) is 0 Å². The van der Waals surface area contributed by atoms with E-state index in [1.54, 1.807) is 41.3 Å². The topological polar surface area (TPSA) is 102 Å². The van der Waals surface area contributed by atoms with Crippen LogP contribution in [0.15, 0.2) is 42.5 Å². The first kappa shape index (κ1) is 12.9. The average Bonchev–Trinajstić information content (AvgIpc) is 2.45. The molecule has 3 rings (SSSR count). The van der Waals surface area contributed by atoms with E-state index in [1.165, 1.54) is 6.07 Å². The van der Waals surface area contributed by atoms with Crippen LogP contribution < -0.4 is 16.0 Å². The van der Waals surface area contributed by atoms with Crippen molar-refractivity contribution in [3.63, 3.8) is 0 Å². The maximum Gasteiger partial charge on any atom is 0.315 e. The zero-order chi connectivity index (χ0) is 15.0. The third-order valence-corrected chi connectivity index (χ3v) is 3.29. The zero-order valence-electron chi connectivity index (χ0n) is 10.9. The van der Waals surface area contributed by atoms with Gasteiger partial charge in [-0.1, -0.05) is 18.2 Å². The van der Waals surface area contributed by atoms with E-state index in [2.05, 4.69) is 5.32 Å². The number of hydrogen-bond donors (Lipinski definition) is 2. The molecule has 1 heterocycles. The minimum absolute atomic E-state index is 0.00130. The number of benzene rings is 2. The van der Waals surface area contributed by atoms with Gasteiger partial charge in [0.05, 0.1) is 16.3 Å². The van der Waals surface area contributed by atoms with E-state index in [4.69, 9.17) is 5.73 Å². The number of anilines is 4. The molecule has 2 aromatic rings. The molecule has 0 fully saturated rings. The SMILES string of the molecule is Nc1cccc(N2CC(=O)Nc3ccccc32)c1[N+](=O)[O-]. The highest BCUT2D eigenvalue weighted by Gasteiger charge is 2.29. The van der Waals surface area contributed by atoms with Crippen LogP contribution in [0.25, 0.3) is 0 Å². The van der Waals surface area contributed by atoms with Gasteiger partial charge in [-0.25, -0.2) is 0 Å². The van der Waals surface area contributed by atoms with Crippen LogP contribution in [0.3, 0.4) is 0 Å². The molecule has 0 radical (unpaired) electrons. The first-order valence-corrected chi connectivity index (χ1v) is 6.27. The van der Waals surface area contributed by atoms with Crippen LogP contribution in [0, 0.1) is 10.1 Å². The van der Waals surface area contributed by atoms with Crippen LogP contribution in [-0.4, -0.2) is 17.4 Å². The Morgan fingerprint density at radius 3 is 2.62 bits per heavy atom. The highest BCUT2D eigenvalue weighted by molar-refractivity contribution is 6.04. The summed E-state index contributed by atoms with van der Waals surface area (Å²) in [4.78, 5) is 24.2. The largest absolute Gasteiger partial charge is 0.393 e. The second-order valence-corrected chi connectivity index (χ2v) is 4.62. The van der Waals surface area contributed by atoms with Gasteiger partial charge in [0.25, 0.3) is 0 Å². The number of carbonyl (C=O) groups is 1. The summed E-state index contributed by atoms with van der Waals surface area (Å²) in [6.45, 7) is 0.00130. The number of nitro groups is 1. The molecule has 0 aliphatic carbocycles. The van der Waals surface area contributed by atoms with Crippen LogP contribution in [0.4, 0.5) is 28.4 Å². The molecule has 0 unspecified atom stereocenters. The van der Waals surface area contributed by atoms with Crippen LogP contribution in [-0.2, 0) is 4.79 Å². The number of nitrogens with one attached hydrogen (secondary N) is 1. The van der Waals surface area contributed by atoms with Gasteiger partial charge in [0.2, 0.25) is 5.91 Å². The van der Waals surface area contributed by atoms with Gasteiger partial charge in [0, 0.05) is 0 Å². The molecule has 1 amide bonds. The molecule has 3 N–H and O–H groups in total. The predicted octanol–water partition coefficient (Wildman–Crippen LogP) is 2.27. The van der Waals surface area contributed by atoms with E-state index in [0.29, 0.717) is 17.1 Å². The second kappa shape index (κ2) is 4.78. The predicted molar refractivity (Wildman–Crippen MR) is 79.6 cm³/mol. The number of nitrogen functional groups attached to an aromatic ring is 1. The minimum atomic E-state index is -0.528. The molecular weight excluding hydrogens is 272 g/mol. The van der Waals surface area contributed by atoms with Gasteiger partial charge < -0.3 is 16.0 Å². The Kier molecular flexibility index (Phi) is 2.94. The fraction of sp³-hybridized carbons (Fsp3) is 0.0714. The molecule has 0 bridgehead atoms. The lowest BCUT2D eigenvalue weighted by atomic mass is 10.1. The molecule has 0 aromatic heterocycles. The van der Waals surface area contributed by atoms with Crippen molar-refractivity contribution in [3.8, 4) is 0 Å². The number of amides is 1. The summed E-state index contributed by atoms with van der Waals surface area (Å²) in [6, 6.07) is 11.8. The van der Waals surface area contributed by atoms with Crippen LogP contribution in [0.1, 0.15) is 0 Å². The molecule has 0 saturated heterocycles. The zero-order valence-corrected chi connectivity index (χ0v) is 10.9. The van der Waals surface area contributed by atoms with Crippen molar-refractivity contribution in [1.29, 1.82) is 0 Å². The summed E-state index contributed by atoms with van der Waals surface area (Å²) < 4.78 is 0. The lowest BCUT2D eigenvalue weighted by Gasteiger charge is -2.30. The van der Waals surface area contributed by atoms with Crippen molar-refractivity contribution in [2.75, 3.05) is 22.5 Å². The normalized spacial score (nSPS) is 13.5. The van der Waals surface area contributed by atoms with E-state index in [9.17, 15) is 14.9 Å². The maximum absolute atomic E-state index is 11.8. The summed E-state index contributed by atoms with van der Waals surface area (Å²) in [5.74, 6) is -0.231. The Morgan fingerprint density at radius 2 is 1.86 bits per heavy atom. The Hall–Kier alpha value is -3.09. The van der Waals surface area contributed by atoms with Crippen molar-refractivity contribution in [1.82, 2.24) is 0 Å². The number of fused-ring (bicyclic) bond motifs is 1. The van der Waals surface area contributed by atoms with Gasteiger partial charge in [0.15, 0.2) is 0 Å². The van der Waals surface area contributed by atoms with Crippen LogP contribution in [0.2, 0.25) is 0 Å². The second-order valence-electron chi connectivity index (χ2n) is 4.62. The van der Waals surface area contributed by atoms with E-state index in [1.807, 2.05) is 0 Å². The van der Waals surface area contributed by atoms with Crippen molar-refractivity contribution in [3.05, 3.63) is 52.6 Å². The molecule has 7 nitrogen and oxygen atoms in total. The van der Waals surface area contributed by atoms with Gasteiger partial charge in [-0.3, -0.25) is 14.9 Å². The molecule has 106 valence electrons. The number of carbonyl (C=O) groups excluding carboxylic acids is 1. The van der Waals surface area contributed by atoms with Gasteiger partial charge in [-0.15, -0.1) is 0 Å². The molecule has 1 aliphatic heterocycles. The third kappa shape index (κ3) is 2.14. The lowest BCUT2D eigenvalue weighted by molar-refractivity contribution is -0.383. The molecule has 21 heavy (non-hydrogen) atoms. The maximum atomic E-state index is 11.8. The fourth-order valence-electron chi connectivity index (χ4n) is 2.41. The van der Waals surface area contributed by atoms with E-state index < -0.39 is 4.92 Å². The number of nitro benzene ring substituents is 1. The standard InChI is InChI=1S/C14H12N4O3/c15-9-4-3-7-12(14(9)18(20)21)17-8-13(19)16-10-5-1-2-6-11(10)17/h1-7H,8,15H2,(H,16,19). The number of para-hydroxylation sites is 3. The smallest absolute Gasteiger partial charge is 0.315 e. The summed E-state index contributed by atoms with van der Waals surface area (Å²) in [7, 11) is 0. The Balaban J connectivity index is 2.20. The van der Waals surface area contributed by atoms with Crippen molar-refractivity contribution < 1.29 is 9.72 Å². The summed E-state index contributed by atoms with van der Waals surface area (Å²) in [5.41, 5.74) is 7.22. The molecule has 0 atom stereocenters. The number of nitrogens with zero attached hydrogens (tertiary/aromatic N) is 2. The first-order valence-electron chi connectivity index (χ1n) is 6.27. The molecule has 0 saturated carbocycles. The molecule has 7 heteroatoms. The molecular formula is C14H12N4O3. The summed E-state index contributed by atoms with van der Waals surface area (Å²) in [6.07, 6.45) is 0. The van der Waals surface area contributed by atoms with E-state index >= 15 is 0 Å². The van der Waals surface area contributed by atoms with Gasteiger partial charge in [-0.2, -0.15) is 0 Å². The Bertz CT molecular complexity index is 745. The highest BCUT2D eigenvalue weighted by Crippen LogP contribution is 2.41. The van der Waals surface area contributed by atoms with Gasteiger partial charge in [-0.05, 0) is 24.3 Å². The quantitative estimate of drug-likeness (QED) is 0.500. The van der Waals surface area contributed by atoms with Gasteiger partial charge >= 0.3 is 5.69 Å². The first-order chi connectivity index (χ1) is 10.1. The number of rotatable bonds is 2. The monoisotopic (exact) mass is 284 g/mol. The van der Waals surface area contributed by atoms with Crippen molar-refractivity contribution >= 4 is 34.3 Å². The Labute approximate surface area is 120 Å². The lowest BCUT2D eigenvalue weighted by Crippen LogP contribution is -2.35. The number of hydrogen-bond acceptors (Lipinski definition) is 5. The average molecular weight is 284 g/mol. The minimum Gasteiger partial charge on any atom is -0.393 e. The van der Waals surface area contributed by atoms with Crippen molar-refractivity contribution in [2.24, 2.45) is 0 Å². The van der Waals surface area contributed by atoms with E-state index in [-0.39, 0.29) is 23.8 Å². The highest BCUT2D eigenvalue weighted by atomic mass is 16.6. The van der Waals surface area contributed by atoms with Crippen LogP contribution >= 0.6 is 0 Å². The molecule has 0 spiro atoms. The number of nitrogens with two attached hydrogens (primary N) is 1. The fourth-order valence-corrected chi connectivity index (χ4v) is 2.41. The molecule has 1 aliphatic rings. The third-order valence-electron chi connectivity index (χ3n) is 3.29. The van der Waals surface area contributed by atoms with Gasteiger partial charge in [0.1, 0.15) is 17.9 Å². The van der Waals surface area contributed by atoms with Crippen LogP contribution in [0.5, 0.6) is 0 Å².